The molecule has 1 spiro atoms. The Morgan fingerprint density at radius 3 is 2.05 bits per heavy atom. The van der Waals surface area contributed by atoms with Crippen LogP contribution >= 0.6 is 0 Å². The van der Waals surface area contributed by atoms with Crippen LogP contribution in [0.2, 0.25) is 0 Å². The van der Waals surface area contributed by atoms with Crippen molar-refractivity contribution in [2.24, 2.45) is 10.8 Å². The summed E-state index contributed by atoms with van der Waals surface area (Å²) in [6, 6.07) is 3.50. The van der Waals surface area contributed by atoms with E-state index < -0.39 is 17.2 Å². The minimum atomic E-state index is -4.40. The fourth-order valence-corrected chi connectivity index (χ4v) is 4.03. The lowest BCUT2D eigenvalue weighted by molar-refractivity contribution is -0.137. The van der Waals surface area contributed by atoms with Crippen LogP contribution < -0.4 is 5.32 Å². The van der Waals surface area contributed by atoms with Crippen molar-refractivity contribution in [3.8, 4) is 0 Å². The number of carbonyl (C=O) groups excluding carboxylic acids is 1. The lowest BCUT2D eigenvalue weighted by Crippen LogP contribution is -2.26. The van der Waals surface area contributed by atoms with Crippen molar-refractivity contribution in [2.45, 2.75) is 39.3 Å². The van der Waals surface area contributed by atoms with E-state index in [2.05, 4.69) is 5.32 Å². The number of hydrogen-bond donors (Lipinski definition) is 1. The van der Waals surface area contributed by atoms with Crippen molar-refractivity contribution in [2.75, 3.05) is 5.32 Å². The highest BCUT2D eigenvalue weighted by Gasteiger charge is 2.83. The summed E-state index contributed by atoms with van der Waals surface area (Å²) in [6.45, 7) is 7.73. The number of rotatable bonds is 0. The summed E-state index contributed by atoms with van der Waals surface area (Å²) < 4.78 is 38.7. The number of alkyl halides is 3. The first kappa shape index (κ1) is 13.5. The number of fused-ring (bicyclic) bond motifs is 2. The van der Waals surface area contributed by atoms with Gasteiger partial charge in [0.05, 0.1) is 11.0 Å². The highest BCUT2D eigenvalue weighted by Crippen LogP contribution is 2.80. The standard InChI is InChI=1S/C15H16F3NO/c1-12(2)13(3,4)14(12)9-7-8(15(16,17)18)5-6-10(9)19-11(14)20/h5-7H,1-4H3,(H,19,20). The number of carbonyl (C=O) groups is 1. The molecule has 0 unspecified atom stereocenters. The fraction of sp³-hybridized carbons (Fsp3) is 0.533. The fourth-order valence-electron chi connectivity index (χ4n) is 4.03. The summed E-state index contributed by atoms with van der Waals surface area (Å²) in [5, 5.41) is 2.73. The molecule has 1 aromatic carbocycles. The molecule has 3 rings (SSSR count). The highest BCUT2D eigenvalue weighted by molar-refractivity contribution is 6.10. The van der Waals surface area contributed by atoms with E-state index in [4.69, 9.17) is 0 Å². The zero-order chi connectivity index (χ0) is 15.1. The van der Waals surface area contributed by atoms with Gasteiger partial charge in [-0.1, -0.05) is 27.7 Å². The van der Waals surface area contributed by atoms with Crippen LogP contribution in [0.5, 0.6) is 0 Å². The van der Waals surface area contributed by atoms with Crippen molar-refractivity contribution in [1.29, 1.82) is 0 Å². The van der Waals surface area contributed by atoms with E-state index in [0.717, 1.165) is 12.1 Å². The largest absolute Gasteiger partial charge is 0.416 e. The van der Waals surface area contributed by atoms with E-state index in [-0.39, 0.29) is 16.7 Å². The van der Waals surface area contributed by atoms with Crippen LogP contribution in [0.25, 0.3) is 0 Å². The van der Waals surface area contributed by atoms with Crippen LogP contribution in [0.15, 0.2) is 18.2 Å². The molecular formula is C15H16F3NO. The van der Waals surface area contributed by atoms with Crippen LogP contribution in [-0.4, -0.2) is 5.91 Å². The predicted molar refractivity (Wildman–Crippen MR) is 69.3 cm³/mol. The van der Waals surface area contributed by atoms with Crippen molar-refractivity contribution in [3.05, 3.63) is 29.3 Å². The predicted octanol–water partition coefficient (Wildman–Crippen LogP) is 3.96. The van der Waals surface area contributed by atoms with Crippen molar-refractivity contribution < 1.29 is 18.0 Å². The van der Waals surface area contributed by atoms with E-state index in [9.17, 15) is 18.0 Å². The monoisotopic (exact) mass is 283 g/mol. The number of amides is 1. The first-order valence-corrected chi connectivity index (χ1v) is 6.51. The van der Waals surface area contributed by atoms with Gasteiger partial charge in [-0.2, -0.15) is 13.2 Å². The third-order valence-corrected chi connectivity index (χ3v) is 5.71. The number of benzene rings is 1. The summed E-state index contributed by atoms with van der Waals surface area (Å²) in [5.74, 6) is -0.193. The second-order valence-corrected chi connectivity index (χ2v) is 6.71. The normalized spacial score (nSPS) is 24.4. The molecule has 5 heteroatoms. The SMILES string of the molecule is CC1(C)C(C)(C)C12C(=O)Nc1ccc(C(F)(F)F)cc12. The van der Waals surface area contributed by atoms with E-state index in [0.29, 0.717) is 11.3 Å². The molecule has 1 fully saturated rings. The van der Waals surface area contributed by atoms with Crippen molar-refractivity contribution in [3.63, 3.8) is 0 Å². The Kier molecular flexibility index (Phi) is 2.16. The minimum absolute atomic E-state index is 0.193. The zero-order valence-corrected chi connectivity index (χ0v) is 11.8. The molecule has 1 N–H and O–H groups in total. The summed E-state index contributed by atoms with van der Waals surface area (Å²) in [4.78, 5) is 12.4. The van der Waals surface area contributed by atoms with Crippen molar-refractivity contribution >= 4 is 11.6 Å². The maximum atomic E-state index is 12.9. The first-order chi connectivity index (χ1) is 8.98. The van der Waals surface area contributed by atoms with Gasteiger partial charge in [0.15, 0.2) is 0 Å². The average molecular weight is 283 g/mol. The molecule has 2 nitrogen and oxygen atoms in total. The Labute approximate surface area is 115 Å². The smallest absolute Gasteiger partial charge is 0.325 e. The molecule has 0 saturated heterocycles. The number of nitrogens with one attached hydrogen (secondary N) is 1. The first-order valence-electron chi connectivity index (χ1n) is 6.51. The molecular weight excluding hydrogens is 267 g/mol. The third kappa shape index (κ3) is 1.15. The van der Waals surface area contributed by atoms with Crippen LogP contribution in [0.4, 0.5) is 18.9 Å². The van der Waals surface area contributed by atoms with Gasteiger partial charge in [-0.25, -0.2) is 0 Å². The molecule has 20 heavy (non-hydrogen) atoms. The lowest BCUT2D eigenvalue weighted by atomic mass is 9.86. The van der Waals surface area contributed by atoms with E-state index >= 15 is 0 Å². The van der Waals surface area contributed by atoms with Gasteiger partial charge in [-0.05, 0) is 34.6 Å². The van der Waals surface area contributed by atoms with Gasteiger partial charge < -0.3 is 5.32 Å². The molecule has 2 aliphatic rings. The van der Waals surface area contributed by atoms with E-state index in [1.54, 1.807) is 0 Å². The summed E-state index contributed by atoms with van der Waals surface area (Å²) >= 11 is 0. The number of halogens is 3. The molecule has 1 amide bonds. The summed E-state index contributed by atoms with van der Waals surface area (Å²) in [5.41, 5.74) is -1.34. The molecule has 108 valence electrons. The third-order valence-electron chi connectivity index (χ3n) is 5.71. The van der Waals surface area contributed by atoms with Crippen LogP contribution in [0, 0.1) is 10.8 Å². The number of hydrogen-bond acceptors (Lipinski definition) is 1. The second kappa shape index (κ2) is 3.21. The molecule has 1 aliphatic carbocycles. The second-order valence-electron chi connectivity index (χ2n) is 6.71. The zero-order valence-electron chi connectivity index (χ0n) is 11.8. The quantitative estimate of drug-likeness (QED) is 0.767. The molecule has 0 radical (unpaired) electrons. The summed E-state index contributed by atoms with van der Waals surface area (Å²) in [7, 11) is 0. The van der Waals surface area contributed by atoms with E-state index in [1.807, 2.05) is 27.7 Å². The van der Waals surface area contributed by atoms with Crippen LogP contribution in [-0.2, 0) is 16.4 Å². The topological polar surface area (TPSA) is 29.1 Å². The Morgan fingerprint density at radius 2 is 1.60 bits per heavy atom. The highest BCUT2D eigenvalue weighted by atomic mass is 19.4. The molecule has 0 atom stereocenters. The van der Waals surface area contributed by atoms with Gasteiger partial charge >= 0.3 is 6.18 Å². The Balaban J connectivity index is 2.24. The van der Waals surface area contributed by atoms with Gasteiger partial charge in [0.25, 0.3) is 0 Å². The van der Waals surface area contributed by atoms with Gasteiger partial charge in [0, 0.05) is 5.69 Å². The van der Waals surface area contributed by atoms with Gasteiger partial charge in [0.2, 0.25) is 5.91 Å². The van der Waals surface area contributed by atoms with Crippen LogP contribution in [0.1, 0.15) is 38.8 Å². The van der Waals surface area contributed by atoms with Gasteiger partial charge in [-0.15, -0.1) is 0 Å². The maximum Gasteiger partial charge on any atom is 0.416 e. The Hall–Kier alpha value is -1.52. The minimum Gasteiger partial charge on any atom is -0.325 e. The van der Waals surface area contributed by atoms with Crippen LogP contribution in [0.3, 0.4) is 0 Å². The van der Waals surface area contributed by atoms with Gasteiger partial charge in [-0.3, -0.25) is 4.79 Å². The Morgan fingerprint density at radius 1 is 1.05 bits per heavy atom. The molecule has 1 aliphatic heterocycles. The number of anilines is 1. The van der Waals surface area contributed by atoms with E-state index in [1.165, 1.54) is 6.07 Å². The lowest BCUT2D eigenvalue weighted by Gasteiger charge is -2.15. The summed E-state index contributed by atoms with van der Waals surface area (Å²) in [6.07, 6.45) is -4.40. The molecule has 0 aromatic heterocycles. The van der Waals surface area contributed by atoms with Gasteiger partial charge in [0.1, 0.15) is 0 Å². The molecule has 1 aromatic rings. The molecule has 1 heterocycles. The molecule has 1 saturated carbocycles. The Bertz CT molecular complexity index is 614. The maximum absolute atomic E-state index is 12.9. The van der Waals surface area contributed by atoms with Crippen molar-refractivity contribution in [1.82, 2.24) is 0 Å². The average Bonchev–Trinajstić information content (AvgIpc) is 2.56. The molecule has 0 bridgehead atoms.